The van der Waals surface area contributed by atoms with Gasteiger partial charge in [0.05, 0.1) is 6.42 Å². The molecule has 7 nitrogen and oxygen atoms in total. The summed E-state index contributed by atoms with van der Waals surface area (Å²) in [5, 5.41) is 14.2. The van der Waals surface area contributed by atoms with E-state index >= 15 is 0 Å². The first-order valence-corrected chi connectivity index (χ1v) is 7.06. The molecule has 0 aromatic heterocycles. The molecule has 7 heteroatoms. The maximum absolute atomic E-state index is 11.7. The molecule has 0 aromatic carbocycles. The van der Waals surface area contributed by atoms with E-state index in [1.165, 1.54) is 4.90 Å². The molecule has 114 valence electrons. The van der Waals surface area contributed by atoms with Gasteiger partial charge < -0.3 is 20.6 Å². The Kier molecular flexibility index (Phi) is 6.83. The van der Waals surface area contributed by atoms with E-state index < -0.39 is 5.97 Å². The minimum Gasteiger partial charge on any atom is -0.481 e. The number of amides is 3. The molecule has 20 heavy (non-hydrogen) atoms. The molecular formula is C13H23N3O4. The molecule has 0 bridgehead atoms. The van der Waals surface area contributed by atoms with E-state index in [9.17, 15) is 14.4 Å². The fourth-order valence-electron chi connectivity index (χ4n) is 1.72. The third-order valence-electron chi connectivity index (χ3n) is 3.06. The Balaban J connectivity index is 2.10. The summed E-state index contributed by atoms with van der Waals surface area (Å²) in [6.45, 7) is 2.87. The van der Waals surface area contributed by atoms with Crippen LogP contribution in [-0.2, 0) is 9.59 Å². The Morgan fingerprint density at radius 1 is 1.25 bits per heavy atom. The SMILES string of the molecule is CCN(CCC(=O)O)C(=O)NCCCC(=O)NC1CC1. The van der Waals surface area contributed by atoms with Gasteiger partial charge in [0.15, 0.2) is 0 Å². The van der Waals surface area contributed by atoms with Crippen molar-refractivity contribution in [2.24, 2.45) is 0 Å². The topological polar surface area (TPSA) is 98.7 Å². The van der Waals surface area contributed by atoms with Crippen LogP contribution in [0.2, 0.25) is 0 Å². The normalized spacial score (nSPS) is 13.7. The molecule has 0 spiro atoms. The molecule has 0 aromatic rings. The summed E-state index contributed by atoms with van der Waals surface area (Å²) in [6.07, 6.45) is 3.05. The quantitative estimate of drug-likeness (QED) is 0.539. The van der Waals surface area contributed by atoms with Crippen molar-refractivity contribution in [3.05, 3.63) is 0 Å². The summed E-state index contributed by atoms with van der Waals surface area (Å²) in [7, 11) is 0. The minimum atomic E-state index is -0.923. The molecule has 0 saturated heterocycles. The van der Waals surface area contributed by atoms with E-state index in [0.29, 0.717) is 32.0 Å². The number of carbonyl (C=O) groups is 3. The van der Waals surface area contributed by atoms with Gasteiger partial charge in [0.1, 0.15) is 0 Å². The third kappa shape index (κ3) is 6.96. The zero-order valence-electron chi connectivity index (χ0n) is 11.9. The van der Waals surface area contributed by atoms with Gasteiger partial charge in [-0.05, 0) is 26.2 Å². The number of hydrogen-bond donors (Lipinski definition) is 3. The number of carboxylic acids is 1. The van der Waals surface area contributed by atoms with Crippen molar-refractivity contribution in [3.63, 3.8) is 0 Å². The molecule has 3 N–H and O–H groups in total. The molecular weight excluding hydrogens is 262 g/mol. The summed E-state index contributed by atoms with van der Waals surface area (Å²) >= 11 is 0. The first-order chi connectivity index (χ1) is 9.52. The number of carboxylic acid groups (broad SMARTS) is 1. The highest BCUT2D eigenvalue weighted by molar-refractivity contribution is 5.77. The lowest BCUT2D eigenvalue weighted by Crippen LogP contribution is -2.41. The average Bonchev–Trinajstić information content (AvgIpc) is 3.19. The van der Waals surface area contributed by atoms with Crippen molar-refractivity contribution < 1.29 is 19.5 Å². The molecule has 1 rings (SSSR count). The number of hydrogen-bond acceptors (Lipinski definition) is 3. The Hall–Kier alpha value is -1.79. The molecule has 1 saturated carbocycles. The summed E-state index contributed by atoms with van der Waals surface area (Å²) in [4.78, 5) is 35.1. The van der Waals surface area contributed by atoms with Crippen LogP contribution in [-0.4, -0.2) is 53.6 Å². The summed E-state index contributed by atoms with van der Waals surface area (Å²) in [5.74, 6) is -0.895. The van der Waals surface area contributed by atoms with Crippen LogP contribution in [0.15, 0.2) is 0 Å². The van der Waals surface area contributed by atoms with Crippen molar-refractivity contribution in [2.75, 3.05) is 19.6 Å². The third-order valence-corrected chi connectivity index (χ3v) is 3.06. The molecule has 0 heterocycles. The Morgan fingerprint density at radius 3 is 2.50 bits per heavy atom. The van der Waals surface area contributed by atoms with Crippen LogP contribution in [0.25, 0.3) is 0 Å². The fraction of sp³-hybridized carbons (Fsp3) is 0.769. The number of aliphatic carboxylic acids is 1. The molecule has 0 unspecified atom stereocenters. The Bertz CT molecular complexity index is 356. The van der Waals surface area contributed by atoms with E-state index in [2.05, 4.69) is 10.6 Å². The largest absolute Gasteiger partial charge is 0.481 e. The summed E-state index contributed by atoms with van der Waals surface area (Å²) in [6, 6.07) is 0.0834. The van der Waals surface area contributed by atoms with E-state index in [1.54, 1.807) is 6.92 Å². The second kappa shape index (κ2) is 8.39. The lowest BCUT2D eigenvalue weighted by Gasteiger charge is -2.20. The zero-order chi connectivity index (χ0) is 15.0. The molecule has 3 amide bonds. The van der Waals surface area contributed by atoms with Gasteiger partial charge in [-0.15, -0.1) is 0 Å². The van der Waals surface area contributed by atoms with Crippen LogP contribution in [0.4, 0.5) is 4.79 Å². The van der Waals surface area contributed by atoms with Crippen LogP contribution in [0, 0.1) is 0 Å². The number of carbonyl (C=O) groups excluding carboxylic acids is 2. The molecule has 1 aliphatic rings. The van der Waals surface area contributed by atoms with Gasteiger partial charge in [-0.3, -0.25) is 9.59 Å². The van der Waals surface area contributed by atoms with Gasteiger partial charge in [0.25, 0.3) is 0 Å². The lowest BCUT2D eigenvalue weighted by molar-refractivity contribution is -0.137. The number of urea groups is 1. The van der Waals surface area contributed by atoms with Gasteiger partial charge in [-0.1, -0.05) is 0 Å². The van der Waals surface area contributed by atoms with Crippen molar-refractivity contribution in [1.29, 1.82) is 0 Å². The molecule has 0 atom stereocenters. The minimum absolute atomic E-state index is 0.0278. The first kappa shape index (κ1) is 16.3. The Labute approximate surface area is 118 Å². The predicted octanol–water partition coefficient (Wildman–Crippen LogP) is 0.551. The van der Waals surface area contributed by atoms with E-state index in [0.717, 1.165) is 12.8 Å². The van der Waals surface area contributed by atoms with Crippen molar-refractivity contribution in [3.8, 4) is 0 Å². The average molecular weight is 285 g/mol. The highest BCUT2D eigenvalue weighted by Gasteiger charge is 2.22. The molecule has 0 aliphatic heterocycles. The van der Waals surface area contributed by atoms with Gasteiger partial charge in [0, 0.05) is 32.1 Å². The van der Waals surface area contributed by atoms with Crippen LogP contribution >= 0.6 is 0 Å². The highest BCUT2D eigenvalue weighted by atomic mass is 16.4. The lowest BCUT2D eigenvalue weighted by atomic mass is 10.3. The maximum Gasteiger partial charge on any atom is 0.317 e. The Morgan fingerprint density at radius 2 is 1.95 bits per heavy atom. The second-order valence-corrected chi connectivity index (χ2v) is 4.90. The fourth-order valence-corrected chi connectivity index (χ4v) is 1.72. The molecule has 1 aliphatic carbocycles. The van der Waals surface area contributed by atoms with E-state index in [4.69, 9.17) is 5.11 Å². The number of nitrogens with zero attached hydrogens (tertiary/aromatic N) is 1. The predicted molar refractivity (Wildman–Crippen MR) is 73.3 cm³/mol. The van der Waals surface area contributed by atoms with Gasteiger partial charge in [-0.2, -0.15) is 0 Å². The van der Waals surface area contributed by atoms with Crippen LogP contribution < -0.4 is 10.6 Å². The van der Waals surface area contributed by atoms with Crippen molar-refractivity contribution in [1.82, 2.24) is 15.5 Å². The summed E-state index contributed by atoms with van der Waals surface area (Å²) in [5.41, 5.74) is 0. The van der Waals surface area contributed by atoms with Crippen molar-refractivity contribution in [2.45, 2.75) is 45.1 Å². The standard InChI is InChI=1S/C13H23N3O4/c1-2-16(9-7-12(18)19)13(20)14-8-3-4-11(17)15-10-5-6-10/h10H,2-9H2,1H3,(H,14,20)(H,15,17)(H,18,19). The van der Waals surface area contributed by atoms with Gasteiger partial charge in [0.2, 0.25) is 5.91 Å². The smallest absolute Gasteiger partial charge is 0.317 e. The summed E-state index contributed by atoms with van der Waals surface area (Å²) < 4.78 is 0. The van der Waals surface area contributed by atoms with Crippen LogP contribution in [0.5, 0.6) is 0 Å². The van der Waals surface area contributed by atoms with Crippen LogP contribution in [0.3, 0.4) is 0 Å². The van der Waals surface area contributed by atoms with Gasteiger partial charge >= 0.3 is 12.0 Å². The van der Waals surface area contributed by atoms with E-state index in [-0.39, 0.29) is 24.9 Å². The number of rotatable bonds is 9. The van der Waals surface area contributed by atoms with Crippen molar-refractivity contribution >= 4 is 17.9 Å². The number of nitrogens with one attached hydrogen (secondary N) is 2. The monoisotopic (exact) mass is 285 g/mol. The first-order valence-electron chi connectivity index (χ1n) is 7.06. The maximum atomic E-state index is 11.7. The highest BCUT2D eigenvalue weighted by Crippen LogP contribution is 2.18. The second-order valence-electron chi connectivity index (χ2n) is 4.90. The van der Waals surface area contributed by atoms with Gasteiger partial charge in [-0.25, -0.2) is 4.79 Å². The zero-order valence-corrected chi connectivity index (χ0v) is 11.9. The molecule has 1 fully saturated rings. The van der Waals surface area contributed by atoms with Crippen LogP contribution in [0.1, 0.15) is 39.0 Å². The van der Waals surface area contributed by atoms with E-state index in [1.807, 2.05) is 0 Å². The molecule has 0 radical (unpaired) electrons.